The van der Waals surface area contributed by atoms with E-state index in [2.05, 4.69) is 10.3 Å². The van der Waals surface area contributed by atoms with E-state index in [1.54, 1.807) is 6.20 Å². The molecule has 1 aromatic carbocycles. The van der Waals surface area contributed by atoms with Gasteiger partial charge in [-0.3, -0.25) is 9.78 Å². The minimum atomic E-state index is -3.25. The zero-order valence-electron chi connectivity index (χ0n) is 16.8. The molecule has 1 N–H and O–H groups in total. The smallest absolute Gasteiger partial charge is 0.224 e. The Morgan fingerprint density at radius 1 is 1.31 bits per heavy atom. The van der Waals surface area contributed by atoms with Crippen LogP contribution in [0.15, 0.2) is 36.5 Å². The number of hydrogen-bond acceptors (Lipinski definition) is 5. The number of ether oxygens (including phenoxy) is 1. The number of nitrogens with zero attached hydrogens (tertiary/aromatic N) is 2. The lowest BCUT2D eigenvalue weighted by Crippen LogP contribution is -2.46. The minimum absolute atomic E-state index is 0.0757. The van der Waals surface area contributed by atoms with E-state index in [1.807, 2.05) is 37.3 Å². The van der Waals surface area contributed by atoms with E-state index in [-0.39, 0.29) is 24.1 Å². The Bertz CT molecular complexity index is 927. The van der Waals surface area contributed by atoms with Crippen LogP contribution in [0.5, 0.6) is 5.75 Å². The summed E-state index contributed by atoms with van der Waals surface area (Å²) in [5.41, 5.74) is 0.828. The molecule has 2 heterocycles. The Labute approximate surface area is 172 Å². The molecule has 1 unspecified atom stereocenters. The summed E-state index contributed by atoms with van der Waals surface area (Å²) >= 11 is 0. The summed E-state index contributed by atoms with van der Waals surface area (Å²) in [6.07, 6.45) is 4.44. The Morgan fingerprint density at radius 3 is 2.97 bits per heavy atom. The molecule has 0 spiro atoms. The van der Waals surface area contributed by atoms with Gasteiger partial charge in [0.25, 0.3) is 0 Å². The predicted octanol–water partition coefficient (Wildman–Crippen LogP) is 2.57. The molecule has 0 saturated carbocycles. The van der Waals surface area contributed by atoms with E-state index in [1.165, 1.54) is 4.31 Å². The largest absolute Gasteiger partial charge is 0.491 e. The van der Waals surface area contributed by atoms with Gasteiger partial charge in [0.1, 0.15) is 11.3 Å². The lowest BCUT2D eigenvalue weighted by atomic mass is 9.99. The summed E-state index contributed by atoms with van der Waals surface area (Å²) in [6, 6.07) is 9.69. The number of nitrogens with one attached hydrogen (secondary N) is 1. The molecule has 29 heavy (non-hydrogen) atoms. The first-order chi connectivity index (χ1) is 14.0. The third-order valence-electron chi connectivity index (χ3n) is 5.08. The van der Waals surface area contributed by atoms with E-state index in [9.17, 15) is 13.2 Å². The van der Waals surface area contributed by atoms with Crippen molar-refractivity contribution < 1.29 is 17.9 Å². The molecule has 158 valence electrons. The van der Waals surface area contributed by atoms with Gasteiger partial charge in [0.2, 0.25) is 15.9 Å². The van der Waals surface area contributed by atoms with Gasteiger partial charge in [-0.1, -0.05) is 25.1 Å². The van der Waals surface area contributed by atoms with Crippen LogP contribution in [-0.4, -0.2) is 55.6 Å². The van der Waals surface area contributed by atoms with Crippen LogP contribution in [0.3, 0.4) is 0 Å². The predicted molar refractivity (Wildman–Crippen MR) is 113 cm³/mol. The van der Waals surface area contributed by atoms with Crippen LogP contribution < -0.4 is 10.1 Å². The highest BCUT2D eigenvalue weighted by atomic mass is 32.2. The normalized spacial score (nSPS) is 17.9. The van der Waals surface area contributed by atoms with E-state index in [4.69, 9.17) is 4.74 Å². The highest BCUT2D eigenvalue weighted by molar-refractivity contribution is 7.89. The van der Waals surface area contributed by atoms with Crippen LogP contribution in [0.4, 0.5) is 0 Å². The molecule has 2 aromatic rings. The maximum Gasteiger partial charge on any atom is 0.224 e. The lowest BCUT2D eigenvalue weighted by Gasteiger charge is -2.31. The van der Waals surface area contributed by atoms with Gasteiger partial charge in [0, 0.05) is 31.2 Å². The number of hydrogen-bond donors (Lipinski definition) is 1. The van der Waals surface area contributed by atoms with Crippen molar-refractivity contribution in [1.29, 1.82) is 0 Å². The molecule has 1 amide bonds. The molecule has 0 bridgehead atoms. The molecule has 0 radical (unpaired) electrons. The van der Waals surface area contributed by atoms with Crippen LogP contribution in [0.25, 0.3) is 10.9 Å². The lowest BCUT2D eigenvalue weighted by molar-refractivity contribution is -0.126. The van der Waals surface area contributed by atoms with Gasteiger partial charge in [0.15, 0.2) is 0 Å². The topological polar surface area (TPSA) is 88.6 Å². The number of para-hydroxylation sites is 1. The average molecular weight is 420 g/mol. The molecule has 8 heteroatoms. The summed E-state index contributed by atoms with van der Waals surface area (Å²) < 4.78 is 31.8. The third-order valence-corrected chi connectivity index (χ3v) is 7.13. The molecule has 1 aliphatic rings. The maximum atomic E-state index is 12.5. The second-order valence-electron chi connectivity index (χ2n) is 7.34. The van der Waals surface area contributed by atoms with Crippen LogP contribution >= 0.6 is 0 Å². The number of aromatic nitrogens is 1. The van der Waals surface area contributed by atoms with Gasteiger partial charge in [-0.25, -0.2) is 12.7 Å². The molecule has 1 atom stereocenters. The molecule has 7 nitrogen and oxygen atoms in total. The van der Waals surface area contributed by atoms with E-state index >= 15 is 0 Å². The fourth-order valence-corrected chi connectivity index (χ4v) is 5.19. The number of carbonyl (C=O) groups is 1. The number of piperidine rings is 1. The Balaban J connectivity index is 1.43. The molecule has 1 aliphatic heterocycles. The van der Waals surface area contributed by atoms with Crippen molar-refractivity contribution in [2.45, 2.75) is 32.6 Å². The van der Waals surface area contributed by atoms with Crippen molar-refractivity contribution in [3.63, 3.8) is 0 Å². The van der Waals surface area contributed by atoms with E-state index < -0.39 is 10.0 Å². The van der Waals surface area contributed by atoms with Gasteiger partial charge >= 0.3 is 0 Å². The number of pyridine rings is 1. The Hall–Kier alpha value is -2.19. The molecule has 0 aliphatic carbocycles. The molecular weight excluding hydrogens is 390 g/mol. The zero-order chi connectivity index (χ0) is 20.7. The van der Waals surface area contributed by atoms with Gasteiger partial charge < -0.3 is 10.1 Å². The quantitative estimate of drug-likeness (QED) is 0.631. The van der Waals surface area contributed by atoms with E-state index in [0.717, 1.165) is 29.5 Å². The van der Waals surface area contributed by atoms with Gasteiger partial charge in [-0.15, -0.1) is 0 Å². The van der Waals surface area contributed by atoms with Crippen LogP contribution in [0.2, 0.25) is 0 Å². The van der Waals surface area contributed by atoms with Gasteiger partial charge in [0.05, 0.1) is 18.3 Å². The summed E-state index contributed by atoms with van der Waals surface area (Å²) in [6.45, 7) is 3.61. The second-order valence-corrected chi connectivity index (χ2v) is 9.43. The zero-order valence-corrected chi connectivity index (χ0v) is 17.7. The van der Waals surface area contributed by atoms with Crippen molar-refractivity contribution in [3.8, 4) is 5.75 Å². The molecule has 1 fully saturated rings. The summed E-state index contributed by atoms with van der Waals surface area (Å²) in [5, 5.41) is 3.95. The average Bonchev–Trinajstić information content (AvgIpc) is 2.73. The monoisotopic (exact) mass is 419 g/mol. The van der Waals surface area contributed by atoms with E-state index in [0.29, 0.717) is 32.5 Å². The van der Waals surface area contributed by atoms with Crippen molar-refractivity contribution in [1.82, 2.24) is 14.6 Å². The highest BCUT2D eigenvalue weighted by Crippen LogP contribution is 2.23. The number of carbonyl (C=O) groups excluding carboxylic acids is 1. The summed E-state index contributed by atoms with van der Waals surface area (Å²) in [4.78, 5) is 16.8. The maximum absolute atomic E-state index is 12.5. The first kappa shape index (κ1) is 21.5. The number of fused-ring (bicyclic) bond motifs is 1. The summed E-state index contributed by atoms with van der Waals surface area (Å²) in [5.74, 6) is 0.520. The third kappa shape index (κ3) is 5.67. The summed E-state index contributed by atoms with van der Waals surface area (Å²) in [7, 11) is -3.25. The van der Waals surface area contributed by atoms with Crippen LogP contribution in [0, 0.1) is 5.92 Å². The van der Waals surface area contributed by atoms with Crippen molar-refractivity contribution in [2.75, 3.05) is 32.0 Å². The van der Waals surface area contributed by atoms with Crippen LogP contribution in [0.1, 0.15) is 32.6 Å². The standard InChI is InChI=1S/C21H29N3O4S/c1-2-15-29(26,27)24-13-5-9-18(16-24)21(25)23-12-6-14-28-19-10-3-7-17-8-4-11-22-20(17)19/h3-4,7-8,10-11,18H,2,5-6,9,12-16H2,1H3,(H,23,25). The number of amides is 1. The number of sulfonamides is 1. The SMILES string of the molecule is CCCS(=O)(=O)N1CCCC(C(=O)NCCCOc2cccc3cccnc23)C1. The Morgan fingerprint density at radius 2 is 2.14 bits per heavy atom. The number of rotatable bonds is 9. The molecular formula is C21H29N3O4S. The molecule has 1 aromatic heterocycles. The first-order valence-electron chi connectivity index (χ1n) is 10.2. The second kappa shape index (κ2) is 10.0. The van der Waals surface area contributed by atoms with Gasteiger partial charge in [-0.2, -0.15) is 0 Å². The fourth-order valence-electron chi connectivity index (χ4n) is 3.60. The van der Waals surface area contributed by atoms with Crippen LogP contribution in [-0.2, 0) is 14.8 Å². The molecule has 1 saturated heterocycles. The van der Waals surface area contributed by atoms with Crippen molar-refractivity contribution >= 4 is 26.8 Å². The fraction of sp³-hybridized carbons (Fsp3) is 0.524. The first-order valence-corrected chi connectivity index (χ1v) is 11.8. The van der Waals surface area contributed by atoms with Gasteiger partial charge in [-0.05, 0) is 37.8 Å². The minimum Gasteiger partial charge on any atom is -0.491 e. The molecule has 3 rings (SSSR count). The van der Waals surface area contributed by atoms with Crippen molar-refractivity contribution in [3.05, 3.63) is 36.5 Å². The number of benzene rings is 1. The highest BCUT2D eigenvalue weighted by Gasteiger charge is 2.31. The van der Waals surface area contributed by atoms with Crippen molar-refractivity contribution in [2.24, 2.45) is 5.92 Å². The Kier molecular flexibility index (Phi) is 7.44.